The lowest BCUT2D eigenvalue weighted by Gasteiger charge is -2.15. The predicted octanol–water partition coefficient (Wildman–Crippen LogP) is 4.54. The summed E-state index contributed by atoms with van der Waals surface area (Å²) in [7, 11) is 1.64. The third-order valence-electron chi connectivity index (χ3n) is 4.90. The number of nitrogens with zero attached hydrogens (tertiary/aromatic N) is 2. The van der Waals surface area contributed by atoms with Crippen molar-refractivity contribution in [2.24, 2.45) is 0 Å². The van der Waals surface area contributed by atoms with Crippen LogP contribution in [0, 0.1) is 6.92 Å². The van der Waals surface area contributed by atoms with Gasteiger partial charge in [0.15, 0.2) is 0 Å². The number of para-hydroxylation sites is 1. The number of nitrogens with one attached hydrogen (secondary N) is 1. The minimum absolute atomic E-state index is 0.125. The molecule has 1 N–H and O–H groups in total. The summed E-state index contributed by atoms with van der Waals surface area (Å²) < 4.78 is 5.25. The number of fused-ring (bicyclic) bond motifs is 1. The maximum atomic E-state index is 13.2. The summed E-state index contributed by atoms with van der Waals surface area (Å²) in [4.78, 5) is 22.1. The standard InChI is InChI=1S/C24H21N3O2/c1-16-22(24(28)26-15-17-6-5-13-25-14-17)20-7-3-4-8-21(20)27-23(16)18-9-11-19(29-2)12-10-18/h3-14H,15H2,1-2H3,(H,26,28). The van der Waals surface area contributed by atoms with Crippen molar-refractivity contribution in [1.29, 1.82) is 0 Å². The fraction of sp³-hybridized carbons (Fsp3) is 0.125. The molecule has 144 valence electrons. The zero-order valence-corrected chi connectivity index (χ0v) is 16.3. The Morgan fingerprint density at radius 3 is 2.55 bits per heavy atom. The highest BCUT2D eigenvalue weighted by Gasteiger charge is 2.18. The van der Waals surface area contributed by atoms with Crippen LogP contribution < -0.4 is 10.1 Å². The van der Waals surface area contributed by atoms with Crippen molar-refractivity contribution >= 4 is 16.8 Å². The average molecular weight is 383 g/mol. The summed E-state index contributed by atoms with van der Waals surface area (Å²) in [5.74, 6) is 0.654. The van der Waals surface area contributed by atoms with Gasteiger partial charge in [0, 0.05) is 29.9 Å². The lowest BCUT2D eigenvalue weighted by atomic mass is 9.97. The van der Waals surface area contributed by atoms with Gasteiger partial charge in [-0.15, -0.1) is 0 Å². The molecule has 2 heterocycles. The van der Waals surface area contributed by atoms with E-state index in [0.29, 0.717) is 12.1 Å². The molecular weight excluding hydrogens is 362 g/mol. The predicted molar refractivity (Wildman–Crippen MR) is 114 cm³/mol. The topological polar surface area (TPSA) is 64.1 Å². The Morgan fingerprint density at radius 1 is 1.03 bits per heavy atom. The molecule has 5 heteroatoms. The Bertz CT molecular complexity index is 1160. The number of ether oxygens (including phenoxy) is 1. The number of rotatable bonds is 5. The molecule has 0 bridgehead atoms. The Labute approximate surface area is 169 Å². The number of amides is 1. The normalized spacial score (nSPS) is 10.7. The van der Waals surface area contributed by atoms with Gasteiger partial charge in [0.05, 0.1) is 23.9 Å². The largest absolute Gasteiger partial charge is 0.497 e. The number of hydrogen-bond donors (Lipinski definition) is 1. The van der Waals surface area contributed by atoms with Gasteiger partial charge in [-0.25, -0.2) is 4.98 Å². The van der Waals surface area contributed by atoms with Gasteiger partial charge in [-0.3, -0.25) is 9.78 Å². The molecule has 0 radical (unpaired) electrons. The summed E-state index contributed by atoms with van der Waals surface area (Å²) in [5, 5.41) is 3.86. The van der Waals surface area contributed by atoms with Gasteiger partial charge in [0.2, 0.25) is 0 Å². The first-order chi connectivity index (χ1) is 14.2. The van der Waals surface area contributed by atoms with Crippen molar-refractivity contribution in [2.45, 2.75) is 13.5 Å². The van der Waals surface area contributed by atoms with Crippen LogP contribution in [0.1, 0.15) is 21.5 Å². The number of carbonyl (C=O) groups excluding carboxylic acids is 1. The van der Waals surface area contributed by atoms with E-state index in [1.165, 1.54) is 0 Å². The summed E-state index contributed by atoms with van der Waals surface area (Å²) in [6.45, 7) is 2.36. The second-order valence-corrected chi connectivity index (χ2v) is 6.75. The van der Waals surface area contributed by atoms with Gasteiger partial charge in [-0.2, -0.15) is 0 Å². The van der Waals surface area contributed by atoms with Crippen LogP contribution >= 0.6 is 0 Å². The molecule has 0 spiro atoms. The molecule has 4 rings (SSSR count). The molecule has 2 aromatic carbocycles. The summed E-state index contributed by atoms with van der Waals surface area (Å²) in [6, 6.07) is 19.2. The van der Waals surface area contributed by atoms with Crippen LogP contribution in [0.15, 0.2) is 73.1 Å². The number of benzene rings is 2. The first-order valence-electron chi connectivity index (χ1n) is 9.38. The molecule has 0 aliphatic rings. The summed E-state index contributed by atoms with van der Waals surface area (Å²) >= 11 is 0. The zero-order chi connectivity index (χ0) is 20.2. The van der Waals surface area contributed by atoms with Gasteiger partial charge >= 0.3 is 0 Å². The lowest BCUT2D eigenvalue weighted by Crippen LogP contribution is -2.24. The van der Waals surface area contributed by atoms with Crippen molar-refractivity contribution in [3.05, 3.63) is 89.7 Å². The van der Waals surface area contributed by atoms with Crippen molar-refractivity contribution < 1.29 is 9.53 Å². The van der Waals surface area contributed by atoms with E-state index < -0.39 is 0 Å². The monoisotopic (exact) mass is 383 g/mol. The van der Waals surface area contributed by atoms with Gasteiger partial charge in [0.25, 0.3) is 5.91 Å². The van der Waals surface area contributed by atoms with Crippen LogP contribution in [-0.2, 0) is 6.54 Å². The molecule has 2 aromatic heterocycles. The van der Waals surface area contributed by atoms with Crippen LogP contribution in [0.3, 0.4) is 0 Å². The summed E-state index contributed by atoms with van der Waals surface area (Å²) in [5.41, 5.74) is 4.96. The second kappa shape index (κ2) is 8.10. The minimum Gasteiger partial charge on any atom is -0.497 e. The Balaban J connectivity index is 1.77. The lowest BCUT2D eigenvalue weighted by molar-refractivity contribution is 0.0952. The first-order valence-corrected chi connectivity index (χ1v) is 9.38. The molecule has 5 nitrogen and oxygen atoms in total. The molecule has 29 heavy (non-hydrogen) atoms. The minimum atomic E-state index is -0.125. The van der Waals surface area contributed by atoms with Gasteiger partial charge in [-0.05, 0) is 54.4 Å². The second-order valence-electron chi connectivity index (χ2n) is 6.75. The van der Waals surface area contributed by atoms with E-state index in [-0.39, 0.29) is 5.91 Å². The van der Waals surface area contributed by atoms with Crippen molar-refractivity contribution in [1.82, 2.24) is 15.3 Å². The Kier molecular flexibility index (Phi) is 5.20. The fourth-order valence-electron chi connectivity index (χ4n) is 3.40. The van der Waals surface area contributed by atoms with E-state index in [2.05, 4.69) is 10.3 Å². The molecule has 0 saturated carbocycles. The van der Waals surface area contributed by atoms with E-state index in [0.717, 1.165) is 39.0 Å². The molecule has 0 aliphatic carbocycles. The first kappa shape index (κ1) is 18.6. The Morgan fingerprint density at radius 2 is 1.83 bits per heavy atom. The third-order valence-corrected chi connectivity index (χ3v) is 4.90. The molecule has 0 fully saturated rings. The smallest absolute Gasteiger partial charge is 0.252 e. The average Bonchev–Trinajstić information content (AvgIpc) is 2.78. The van der Waals surface area contributed by atoms with E-state index in [4.69, 9.17) is 9.72 Å². The Hall–Kier alpha value is -3.73. The zero-order valence-electron chi connectivity index (χ0n) is 16.3. The van der Waals surface area contributed by atoms with Crippen molar-refractivity contribution in [3.8, 4) is 17.0 Å². The number of methoxy groups -OCH3 is 1. The molecule has 0 atom stereocenters. The summed E-state index contributed by atoms with van der Waals surface area (Å²) in [6.07, 6.45) is 3.47. The number of hydrogen-bond acceptors (Lipinski definition) is 4. The van der Waals surface area contributed by atoms with E-state index in [9.17, 15) is 4.79 Å². The van der Waals surface area contributed by atoms with Gasteiger partial charge < -0.3 is 10.1 Å². The number of pyridine rings is 2. The fourth-order valence-corrected chi connectivity index (χ4v) is 3.40. The highest BCUT2D eigenvalue weighted by molar-refractivity contribution is 6.08. The van der Waals surface area contributed by atoms with Crippen LogP contribution in [0.25, 0.3) is 22.2 Å². The molecule has 1 amide bonds. The molecule has 0 aliphatic heterocycles. The maximum absolute atomic E-state index is 13.2. The molecule has 0 unspecified atom stereocenters. The van der Waals surface area contributed by atoms with Crippen LogP contribution in [0.2, 0.25) is 0 Å². The van der Waals surface area contributed by atoms with Crippen molar-refractivity contribution in [2.75, 3.05) is 7.11 Å². The highest BCUT2D eigenvalue weighted by atomic mass is 16.5. The van der Waals surface area contributed by atoms with Crippen LogP contribution in [0.5, 0.6) is 5.75 Å². The van der Waals surface area contributed by atoms with E-state index >= 15 is 0 Å². The van der Waals surface area contributed by atoms with Crippen LogP contribution in [-0.4, -0.2) is 23.0 Å². The quantitative estimate of drug-likeness (QED) is 0.549. The van der Waals surface area contributed by atoms with Gasteiger partial charge in [-0.1, -0.05) is 24.3 Å². The molecule has 0 saturated heterocycles. The number of carbonyl (C=O) groups is 1. The highest BCUT2D eigenvalue weighted by Crippen LogP contribution is 2.30. The molecular formula is C24H21N3O2. The number of aromatic nitrogens is 2. The maximum Gasteiger partial charge on any atom is 0.252 e. The molecule has 4 aromatic rings. The SMILES string of the molecule is COc1ccc(-c2nc3ccccc3c(C(=O)NCc3cccnc3)c2C)cc1. The van der Waals surface area contributed by atoms with Gasteiger partial charge in [0.1, 0.15) is 5.75 Å². The van der Waals surface area contributed by atoms with E-state index in [1.807, 2.05) is 67.6 Å². The van der Waals surface area contributed by atoms with Crippen molar-refractivity contribution in [3.63, 3.8) is 0 Å². The van der Waals surface area contributed by atoms with E-state index in [1.54, 1.807) is 19.5 Å². The third kappa shape index (κ3) is 3.80. The van der Waals surface area contributed by atoms with Crippen LogP contribution in [0.4, 0.5) is 0 Å².